The minimum atomic E-state index is -1.37. The molecule has 0 saturated carbocycles. The molecule has 5 aromatic rings. The van der Waals surface area contributed by atoms with Gasteiger partial charge in [-0.2, -0.15) is 0 Å². The molecule has 1 aromatic heterocycles. The molecule has 3 unspecified atom stereocenters. The van der Waals surface area contributed by atoms with E-state index in [4.69, 9.17) is 9.47 Å². The maximum Gasteiger partial charge on any atom is 0.340 e. The molecule has 4 aromatic carbocycles. The van der Waals surface area contributed by atoms with E-state index in [1.807, 2.05) is 60.7 Å². The number of rotatable bonds is 12. The minimum Gasteiger partial charge on any atom is -0.484 e. The quantitative estimate of drug-likeness (QED) is 0.104. The molecule has 8 nitrogen and oxygen atoms in total. The fraction of sp³-hybridized carbons (Fsp3) is 0.243. The van der Waals surface area contributed by atoms with Crippen molar-refractivity contribution in [3.8, 4) is 5.75 Å². The van der Waals surface area contributed by atoms with Crippen LogP contribution in [0.15, 0.2) is 109 Å². The number of esters is 1. The molecule has 0 aliphatic heterocycles. The molecule has 8 heteroatoms. The summed E-state index contributed by atoms with van der Waals surface area (Å²) in [6.07, 6.45) is 0.391. The van der Waals surface area contributed by atoms with E-state index in [9.17, 15) is 14.7 Å². The number of benzene rings is 4. The van der Waals surface area contributed by atoms with Gasteiger partial charge in [0.15, 0.2) is 12.7 Å². The van der Waals surface area contributed by atoms with Crippen molar-refractivity contribution in [1.82, 2.24) is 10.3 Å². The number of ether oxygens (including phenoxy) is 2. The number of amides is 1. The van der Waals surface area contributed by atoms with E-state index >= 15 is 0 Å². The lowest BCUT2D eigenvalue weighted by molar-refractivity contribution is -0.161. The number of anilines is 1. The van der Waals surface area contributed by atoms with E-state index in [-0.39, 0.29) is 18.4 Å². The molecule has 45 heavy (non-hydrogen) atoms. The number of fused-ring (bicyclic) bond motifs is 3. The molecule has 230 valence electrons. The SMILES string of the molecule is O=C(COc1ccccc1)Nc1ccc2[nH]c3c(c2c1)CC(CNCCc1ccccc1)CC3OC(=O)C(O)c1ccccc1. The highest BCUT2D eigenvalue weighted by Gasteiger charge is 2.34. The summed E-state index contributed by atoms with van der Waals surface area (Å²) in [5.41, 5.74) is 5.19. The van der Waals surface area contributed by atoms with Gasteiger partial charge < -0.3 is 30.2 Å². The first-order chi connectivity index (χ1) is 22.0. The summed E-state index contributed by atoms with van der Waals surface area (Å²) in [7, 11) is 0. The molecule has 1 aliphatic carbocycles. The summed E-state index contributed by atoms with van der Waals surface area (Å²) in [5.74, 6) is -0.120. The number of carbonyl (C=O) groups is 2. The third kappa shape index (κ3) is 7.60. The molecule has 0 radical (unpaired) electrons. The van der Waals surface area contributed by atoms with Gasteiger partial charge >= 0.3 is 5.97 Å². The molecular weight excluding hydrogens is 566 g/mol. The molecule has 0 fully saturated rings. The lowest BCUT2D eigenvalue weighted by Crippen LogP contribution is -2.32. The van der Waals surface area contributed by atoms with Crippen LogP contribution in [0.1, 0.15) is 41.0 Å². The second-order valence-electron chi connectivity index (χ2n) is 11.4. The Kier molecular flexibility index (Phi) is 9.53. The van der Waals surface area contributed by atoms with Crippen LogP contribution in [0.5, 0.6) is 5.75 Å². The topological polar surface area (TPSA) is 113 Å². The van der Waals surface area contributed by atoms with Crippen LogP contribution in [-0.4, -0.2) is 41.7 Å². The molecule has 6 rings (SSSR count). The predicted molar refractivity (Wildman–Crippen MR) is 174 cm³/mol. The maximum absolute atomic E-state index is 13.1. The van der Waals surface area contributed by atoms with Crippen LogP contribution >= 0.6 is 0 Å². The van der Waals surface area contributed by atoms with Crippen molar-refractivity contribution >= 4 is 28.5 Å². The van der Waals surface area contributed by atoms with Crippen molar-refractivity contribution in [3.63, 3.8) is 0 Å². The van der Waals surface area contributed by atoms with Gasteiger partial charge in [-0.1, -0.05) is 78.9 Å². The van der Waals surface area contributed by atoms with Gasteiger partial charge in [0.25, 0.3) is 5.91 Å². The normalized spacial score (nSPS) is 16.5. The van der Waals surface area contributed by atoms with Crippen molar-refractivity contribution in [2.75, 3.05) is 25.0 Å². The number of aromatic amines is 1. The first-order valence-electron chi connectivity index (χ1n) is 15.3. The van der Waals surface area contributed by atoms with E-state index in [2.05, 4.69) is 27.8 Å². The zero-order chi connectivity index (χ0) is 31.0. The van der Waals surface area contributed by atoms with Gasteiger partial charge in [0.1, 0.15) is 11.9 Å². The number of para-hydroxylation sites is 1. The van der Waals surface area contributed by atoms with Crippen LogP contribution in [0.25, 0.3) is 10.9 Å². The Bertz CT molecular complexity index is 1720. The number of carbonyl (C=O) groups excluding carboxylic acids is 2. The summed E-state index contributed by atoms with van der Waals surface area (Å²) in [6, 6.07) is 34.1. The number of aliphatic hydroxyl groups excluding tert-OH is 1. The predicted octanol–water partition coefficient (Wildman–Crippen LogP) is 5.90. The van der Waals surface area contributed by atoms with Gasteiger partial charge in [-0.25, -0.2) is 4.79 Å². The van der Waals surface area contributed by atoms with Crippen LogP contribution in [0.2, 0.25) is 0 Å². The third-order valence-corrected chi connectivity index (χ3v) is 8.16. The molecule has 4 N–H and O–H groups in total. The monoisotopic (exact) mass is 603 g/mol. The molecule has 3 atom stereocenters. The van der Waals surface area contributed by atoms with E-state index in [0.29, 0.717) is 23.4 Å². The van der Waals surface area contributed by atoms with Gasteiger partial charge in [0, 0.05) is 16.6 Å². The summed E-state index contributed by atoms with van der Waals surface area (Å²) in [4.78, 5) is 29.3. The van der Waals surface area contributed by atoms with E-state index in [1.54, 1.807) is 36.4 Å². The molecule has 1 aliphatic rings. The Morgan fingerprint density at radius 2 is 1.62 bits per heavy atom. The van der Waals surface area contributed by atoms with Crippen molar-refractivity contribution in [1.29, 1.82) is 0 Å². The Labute approximate surface area is 262 Å². The Balaban J connectivity index is 1.19. The Morgan fingerprint density at radius 3 is 2.38 bits per heavy atom. The zero-order valence-corrected chi connectivity index (χ0v) is 24.9. The number of H-pyrrole nitrogens is 1. The van der Waals surface area contributed by atoms with Gasteiger partial charge in [-0.15, -0.1) is 0 Å². The third-order valence-electron chi connectivity index (χ3n) is 8.16. The van der Waals surface area contributed by atoms with Gasteiger partial charge in [0.2, 0.25) is 0 Å². The lowest BCUT2D eigenvalue weighted by atomic mass is 9.84. The summed E-state index contributed by atoms with van der Waals surface area (Å²) in [5, 5.41) is 18.2. The van der Waals surface area contributed by atoms with Gasteiger partial charge in [-0.3, -0.25) is 4.79 Å². The van der Waals surface area contributed by atoms with Crippen LogP contribution in [-0.2, 0) is 27.2 Å². The molecule has 0 bridgehead atoms. The van der Waals surface area contributed by atoms with Gasteiger partial charge in [-0.05, 0) is 85.3 Å². The average molecular weight is 604 g/mol. The fourth-order valence-electron chi connectivity index (χ4n) is 5.92. The average Bonchev–Trinajstić information content (AvgIpc) is 3.45. The molecule has 0 saturated heterocycles. The first kappa shape index (κ1) is 30.1. The van der Waals surface area contributed by atoms with Crippen LogP contribution in [0.4, 0.5) is 5.69 Å². The summed E-state index contributed by atoms with van der Waals surface area (Å²) < 4.78 is 11.6. The highest BCUT2D eigenvalue weighted by Crippen LogP contribution is 2.40. The van der Waals surface area contributed by atoms with Crippen LogP contribution < -0.4 is 15.4 Å². The number of hydrogen-bond acceptors (Lipinski definition) is 6. The van der Waals surface area contributed by atoms with Crippen molar-refractivity contribution in [2.45, 2.75) is 31.5 Å². The van der Waals surface area contributed by atoms with Crippen LogP contribution in [0.3, 0.4) is 0 Å². The van der Waals surface area contributed by atoms with Gasteiger partial charge in [0.05, 0.1) is 5.69 Å². The molecule has 0 spiro atoms. The molecule has 1 heterocycles. The number of aromatic nitrogens is 1. The number of aliphatic hydroxyl groups is 1. The van der Waals surface area contributed by atoms with Crippen molar-refractivity contribution in [3.05, 3.63) is 132 Å². The standard InChI is InChI=1S/C37H37N3O5/c41-34(24-44-29-14-8-3-9-15-29)39-28-16-17-32-30(22-28)31-20-26(23-38-19-18-25-10-4-1-5-11-25)21-33(35(31)40-32)45-37(43)36(42)27-12-6-2-7-13-27/h1-17,22,26,33,36,38,40,42H,18-21,23-24H2,(H,39,41). The number of hydrogen-bond donors (Lipinski definition) is 4. The highest BCUT2D eigenvalue weighted by molar-refractivity contribution is 5.96. The smallest absolute Gasteiger partial charge is 0.340 e. The molecule has 1 amide bonds. The zero-order valence-electron chi connectivity index (χ0n) is 24.9. The van der Waals surface area contributed by atoms with E-state index in [1.165, 1.54) is 5.56 Å². The van der Waals surface area contributed by atoms with E-state index < -0.39 is 18.2 Å². The second kappa shape index (κ2) is 14.2. The van der Waals surface area contributed by atoms with Crippen molar-refractivity contribution in [2.24, 2.45) is 5.92 Å². The minimum absolute atomic E-state index is 0.105. The lowest BCUT2D eigenvalue weighted by Gasteiger charge is -2.30. The Morgan fingerprint density at radius 1 is 0.911 bits per heavy atom. The highest BCUT2D eigenvalue weighted by atomic mass is 16.6. The molecular formula is C37H37N3O5. The number of nitrogens with one attached hydrogen (secondary N) is 3. The maximum atomic E-state index is 13.1. The first-order valence-corrected chi connectivity index (χ1v) is 15.3. The second-order valence-corrected chi connectivity index (χ2v) is 11.4. The summed E-state index contributed by atoms with van der Waals surface area (Å²) in [6.45, 7) is 1.48. The van der Waals surface area contributed by atoms with Crippen LogP contribution in [0, 0.1) is 5.92 Å². The largest absolute Gasteiger partial charge is 0.484 e. The fourth-order valence-corrected chi connectivity index (χ4v) is 5.92. The Hall–Kier alpha value is -4.92. The van der Waals surface area contributed by atoms with E-state index in [0.717, 1.165) is 48.1 Å². The summed E-state index contributed by atoms with van der Waals surface area (Å²) >= 11 is 0. The van der Waals surface area contributed by atoms with Crippen molar-refractivity contribution < 1.29 is 24.2 Å².